The van der Waals surface area contributed by atoms with E-state index in [0.717, 1.165) is 6.42 Å². The first-order chi connectivity index (χ1) is 6.10. The van der Waals surface area contributed by atoms with Gasteiger partial charge in [0.05, 0.1) is 18.2 Å². The molecule has 0 rings (SSSR count). The minimum Gasteiger partial charge on any atom is -0.390 e. The van der Waals surface area contributed by atoms with Crippen LogP contribution in [-0.4, -0.2) is 36.5 Å². The zero-order valence-electron chi connectivity index (χ0n) is 8.62. The molecule has 0 radical (unpaired) electrons. The van der Waals surface area contributed by atoms with E-state index in [1.54, 1.807) is 0 Å². The highest BCUT2D eigenvalue weighted by atomic mass is 16.5. The highest BCUT2D eigenvalue weighted by Crippen LogP contribution is 2.12. The molecule has 0 bridgehead atoms. The third-order valence-corrected chi connectivity index (χ3v) is 2.26. The Hall–Kier alpha value is -0.160. The molecule has 0 fully saturated rings. The molecule has 13 heavy (non-hydrogen) atoms. The van der Waals surface area contributed by atoms with Crippen LogP contribution in [0.2, 0.25) is 0 Å². The molecule has 4 heteroatoms. The Balaban J connectivity index is 3.95. The van der Waals surface area contributed by atoms with Crippen molar-refractivity contribution in [1.29, 1.82) is 0 Å². The monoisotopic (exact) mass is 190 g/mol. The van der Waals surface area contributed by atoms with E-state index in [4.69, 9.17) is 16.2 Å². The van der Waals surface area contributed by atoms with Gasteiger partial charge in [-0.05, 0) is 12.8 Å². The van der Waals surface area contributed by atoms with Crippen LogP contribution in [0.15, 0.2) is 0 Å². The maximum atomic E-state index is 9.55. The number of nitrogens with two attached hydrogens (primary N) is 2. The van der Waals surface area contributed by atoms with Crippen molar-refractivity contribution in [3.05, 3.63) is 0 Å². The molecule has 4 nitrogen and oxygen atoms in total. The summed E-state index contributed by atoms with van der Waals surface area (Å²) in [6, 6.07) is 0. The van der Waals surface area contributed by atoms with Gasteiger partial charge in [-0.15, -0.1) is 0 Å². The van der Waals surface area contributed by atoms with Crippen molar-refractivity contribution >= 4 is 0 Å². The summed E-state index contributed by atoms with van der Waals surface area (Å²) in [5.74, 6) is 0. The fourth-order valence-electron chi connectivity index (χ4n) is 1.08. The van der Waals surface area contributed by atoms with E-state index in [9.17, 15) is 5.11 Å². The van der Waals surface area contributed by atoms with Crippen molar-refractivity contribution in [2.75, 3.05) is 19.8 Å². The first kappa shape index (κ1) is 12.8. The summed E-state index contributed by atoms with van der Waals surface area (Å²) in [5.41, 5.74) is 10.6. The summed E-state index contributed by atoms with van der Waals surface area (Å²) in [6.45, 7) is 5.18. The zero-order chi connectivity index (χ0) is 10.3. The number of hydrogen-bond donors (Lipinski definition) is 3. The van der Waals surface area contributed by atoms with Crippen molar-refractivity contribution in [3.8, 4) is 0 Å². The molecule has 0 aromatic rings. The van der Waals surface area contributed by atoms with E-state index in [0.29, 0.717) is 19.6 Å². The second kappa shape index (κ2) is 6.32. The molecule has 0 aromatic heterocycles. The highest BCUT2D eigenvalue weighted by molar-refractivity contribution is 4.90. The Morgan fingerprint density at radius 3 is 2.46 bits per heavy atom. The van der Waals surface area contributed by atoms with Gasteiger partial charge < -0.3 is 21.3 Å². The van der Waals surface area contributed by atoms with Gasteiger partial charge in [0.2, 0.25) is 0 Å². The van der Waals surface area contributed by atoms with Gasteiger partial charge in [0.15, 0.2) is 0 Å². The Labute approximate surface area is 80.2 Å². The molecular formula is C9H22N2O2. The summed E-state index contributed by atoms with van der Waals surface area (Å²) in [4.78, 5) is 0. The van der Waals surface area contributed by atoms with E-state index in [1.165, 1.54) is 0 Å². The minimum atomic E-state index is -0.691. The van der Waals surface area contributed by atoms with E-state index >= 15 is 0 Å². The lowest BCUT2D eigenvalue weighted by Gasteiger charge is -2.32. The average molecular weight is 190 g/mol. The van der Waals surface area contributed by atoms with Crippen molar-refractivity contribution in [3.63, 3.8) is 0 Å². The Kier molecular flexibility index (Phi) is 6.24. The lowest BCUT2D eigenvalue weighted by molar-refractivity contribution is 0.0102. The standard InChI is InChI=1S/C9H22N2O2/c1-3-5-13-7-9(11,4-2)8(12)6-10/h8,12H,3-7,10-11H2,1-2H3. The molecular weight excluding hydrogens is 168 g/mol. The van der Waals surface area contributed by atoms with Crippen molar-refractivity contribution in [1.82, 2.24) is 0 Å². The van der Waals surface area contributed by atoms with Crippen LogP contribution in [-0.2, 0) is 4.74 Å². The third-order valence-electron chi connectivity index (χ3n) is 2.26. The van der Waals surface area contributed by atoms with Gasteiger partial charge in [0, 0.05) is 13.2 Å². The summed E-state index contributed by atoms with van der Waals surface area (Å²) in [5, 5.41) is 9.55. The van der Waals surface area contributed by atoms with Gasteiger partial charge in [-0.1, -0.05) is 13.8 Å². The van der Waals surface area contributed by atoms with Gasteiger partial charge in [-0.25, -0.2) is 0 Å². The molecule has 0 spiro atoms. The van der Waals surface area contributed by atoms with E-state index < -0.39 is 11.6 Å². The summed E-state index contributed by atoms with van der Waals surface area (Å²) in [6.07, 6.45) is 0.933. The highest BCUT2D eigenvalue weighted by Gasteiger charge is 2.31. The maximum Gasteiger partial charge on any atom is 0.0864 e. The quantitative estimate of drug-likeness (QED) is 0.487. The summed E-state index contributed by atoms with van der Waals surface area (Å²) < 4.78 is 5.32. The molecule has 5 N–H and O–H groups in total. The third kappa shape index (κ3) is 4.04. The van der Waals surface area contributed by atoms with Crippen molar-refractivity contribution in [2.45, 2.75) is 38.3 Å². The van der Waals surface area contributed by atoms with Crippen LogP contribution >= 0.6 is 0 Å². The second-order valence-corrected chi connectivity index (χ2v) is 3.39. The van der Waals surface area contributed by atoms with Gasteiger partial charge in [0.25, 0.3) is 0 Å². The number of hydrogen-bond acceptors (Lipinski definition) is 4. The van der Waals surface area contributed by atoms with Crippen molar-refractivity contribution < 1.29 is 9.84 Å². The lowest BCUT2D eigenvalue weighted by Crippen LogP contribution is -2.56. The zero-order valence-corrected chi connectivity index (χ0v) is 8.62. The second-order valence-electron chi connectivity index (χ2n) is 3.39. The fraction of sp³-hybridized carbons (Fsp3) is 1.00. The molecule has 0 aromatic carbocycles. The molecule has 0 aliphatic heterocycles. The Bertz CT molecular complexity index is 133. The average Bonchev–Trinajstić information content (AvgIpc) is 2.16. The Morgan fingerprint density at radius 2 is 2.08 bits per heavy atom. The predicted octanol–water partition coefficient (Wildman–Crippen LogP) is -0.160. The molecule has 0 saturated heterocycles. The molecule has 0 saturated carbocycles. The number of ether oxygens (including phenoxy) is 1. The summed E-state index contributed by atoms with van der Waals surface area (Å²) >= 11 is 0. The molecule has 0 aliphatic carbocycles. The molecule has 0 heterocycles. The number of aliphatic hydroxyl groups excluding tert-OH is 1. The molecule has 0 amide bonds. The van der Waals surface area contributed by atoms with Gasteiger partial charge >= 0.3 is 0 Å². The summed E-state index contributed by atoms with van der Waals surface area (Å²) in [7, 11) is 0. The Morgan fingerprint density at radius 1 is 1.46 bits per heavy atom. The molecule has 0 aliphatic rings. The molecule has 2 atom stereocenters. The van der Waals surface area contributed by atoms with E-state index in [1.807, 2.05) is 13.8 Å². The van der Waals surface area contributed by atoms with Crippen LogP contribution in [0.1, 0.15) is 26.7 Å². The SMILES string of the molecule is CCCOCC(N)(CC)C(O)CN. The first-order valence-corrected chi connectivity index (χ1v) is 4.85. The fourth-order valence-corrected chi connectivity index (χ4v) is 1.08. The van der Waals surface area contributed by atoms with Gasteiger partial charge in [0.1, 0.15) is 0 Å². The minimum absolute atomic E-state index is 0.180. The maximum absolute atomic E-state index is 9.55. The van der Waals surface area contributed by atoms with Crippen LogP contribution in [0.4, 0.5) is 0 Å². The molecule has 2 unspecified atom stereocenters. The van der Waals surface area contributed by atoms with Crippen LogP contribution in [0.5, 0.6) is 0 Å². The normalized spacial score (nSPS) is 18.2. The van der Waals surface area contributed by atoms with Gasteiger partial charge in [-0.2, -0.15) is 0 Å². The van der Waals surface area contributed by atoms with Gasteiger partial charge in [-0.3, -0.25) is 0 Å². The van der Waals surface area contributed by atoms with Crippen LogP contribution in [0.25, 0.3) is 0 Å². The smallest absolute Gasteiger partial charge is 0.0864 e. The van der Waals surface area contributed by atoms with Crippen LogP contribution < -0.4 is 11.5 Å². The number of rotatable bonds is 7. The van der Waals surface area contributed by atoms with E-state index in [-0.39, 0.29) is 6.54 Å². The van der Waals surface area contributed by atoms with E-state index in [2.05, 4.69) is 0 Å². The molecule has 80 valence electrons. The predicted molar refractivity (Wildman–Crippen MR) is 53.4 cm³/mol. The number of aliphatic hydroxyl groups is 1. The topological polar surface area (TPSA) is 81.5 Å². The largest absolute Gasteiger partial charge is 0.390 e. The first-order valence-electron chi connectivity index (χ1n) is 4.85. The lowest BCUT2D eigenvalue weighted by atomic mass is 9.91. The van der Waals surface area contributed by atoms with Crippen LogP contribution in [0.3, 0.4) is 0 Å². The van der Waals surface area contributed by atoms with Crippen LogP contribution in [0, 0.1) is 0 Å². The van der Waals surface area contributed by atoms with Crippen molar-refractivity contribution in [2.24, 2.45) is 11.5 Å².